The Bertz CT molecular complexity index is 1020. The van der Waals surface area contributed by atoms with Gasteiger partial charge in [-0.25, -0.2) is 4.39 Å². The second-order valence-corrected chi connectivity index (χ2v) is 7.17. The van der Waals surface area contributed by atoms with Crippen molar-refractivity contribution in [2.75, 3.05) is 12.4 Å². The molecule has 1 unspecified atom stereocenters. The third kappa shape index (κ3) is 4.71. The number of benzene rings is 3. The summed E-state index contributed by atoms with van der Waals surface area (Å²) in [6.07, 6.45) is 1.99. The summed E-state index contributed by atoms with van der Waals surface area (Å²) in [5.41, 5.74) is 1.30. The van der Waals surface area contributed by atoms with Crippen LogP contribution in [0.2, 0.25) is 0 Å². The number of carbonyl (C=O) groups is 1. The molecule has 6 heteroatoms. The van der Waals surface area contributed by atoms with Gasteiger partial charge in [-0.05, 0) is 42.7 Å². The average molecular weight is 406 g/mol. The number of anilines is 1. The molecule has 4 rings (SSSR count). The molecule has 2 N–H and O–H groups in total. The molecule has 0 saturated heterocycles. The van der Waals surface area contributed by atoms with Gasteiger partial charge >= 0.3 is 0 Å². The molecule has 5 nitrogen and oxygen atoms in total. The summed E-state index contributed by atoms with van der Waals surface area (Å²) < 4.78 is 25.7. The van der Waals surface area contributed by atoms with Crippen molar-refractivity contribution in [1.82, 2.24) is 5.32 Å². The zero-order valence-electron chi connectivity index (χ0n) is 16.6. The second kappa shape index (κ2) is 8.86. The first-order valence-electron chi connectivity index (χ1n) is 9.86. The molecule has 30 heavy (non-hydrogen) atoms. The molecule has 0 bridgehead atoms. The van der Waals surface area contributed by atoms with Crippen LogP contribution in [-0.2, 0) is 4.79 Å². The highest BCUT2D eigenvalue weighted by Crippen LogP contribution is 2.33. The van der Waals surface area contributed by atoms with Gasteiger partial charge in [0.2, 0.25) is 5.91 Å². The summed E-state index contributed by atoms with van der Waals surface area (Å²) in [6.45, 7) is 0. The Morgan fingerprint density at radius 3 is 2.33 bits per heavy atom. The fourth-order valence-corrected chi connectivity index (χ4v) is 3.12. The Labute approximate surface area is 174 Å². The topological polar surface area (TPSA) is 59.6 Å². The highest BCUT2D eigenvalue weighted by Gasteiger charge is 2.28. The molecule has 3 aromatic carbocycles. The van der Waals surface area contributed by atoms with Crippen molar-refractivity contribution in [2.24, 2.45) is 0 Å². The summed E-state index contributed by atoms with van der Waals surface area (Å²) >= 11 is 0. The fraction of sp³-hybridized carbons (Fsp3) is 0.208. The van der Waals surface area contributed by atoms with Gasteiger partial charge in [0.1, 0.15) is 6.04 Å². The van der Waals surface area contributed by atoms with Gasteiger partial charge in [0.15, 0.2) is 23.1 Å². The highest BCUT2D eigenvalue weighted by atomic mass is 19.1. The number of carbonyl (C=O) groups excluding carboxylic acids is 1. The Balaban J connectivity index is 1.53. The molecule has 0 aliphatic heterocycles. The van der Waals surface area contributed by atoms with Gasteiger partial charge in [0.25, 0.3) is 0 Å². The van der Waals surface area contributed by atoms with Crippen LogP contribution in [-0.4, -0.2) is 19.1 Å². The second-order valence-electron chi connectivity index (χ2n) is 7.17. The van der Waals surface area contributed by atoms with Crippen molar-refractivity contribution in [1.29, 1.82) is 0 Å². The van der Waals surface area contributed by atoms with E-state index in [1.807, 2.05) is 36.4 Å². The zero-order valence-corrected chi connectivity index (χ0v) is 16.6. The van der Waals surface area contributed by atoms with E-state index in [1.165, 1.54) is 19.2 Å². The van der Waals surface area contributed by atoms with E-state index in [9.17, 15) is 9.18 Å². The number of methoxy groups -OCH3 is 1. The maximum absolute atomic E-state index is 14.7. The number of nitrogens with one attached hydrogen (secondary N) is 2. The van der Waals surface area contributed by atoms with Crippen LogP contribution in [0.4, 0.5) is 10.1 Å². The third-order valence-electron chi connectivity index (χ3n) is 4.85. The minimum atomic E-state index is -0.618. The van der Waals surface area contributed by atoms with Crippen LogP contribution < -0.4 is 20.1 Å². The molecule has 1 saturated carbocycles. The molecule has 0 heterocycles. The van der Waals surface area contributed by atoms with E-state index in [2.05, 4.69) is 10.6 Å². The van der Waals surface area contributed by atoms with E-state index in [-0.39, 0.29) is 17.7 Å². The smallest absolute Gasteiger partial charge is 0.247 e. The molecule has 1 aliphatic carbocycles. The lowest BCUT2D eigenvalue weighted by Gasteiger charge is -2.20. The highest BCUT2D eigenvalue weighted by molar-refractivity contribution is 5.86. The van der Waals surface area contributed by atoms with E-state index in [4.69, 9.17) is 9.47 Å². The van der Waals surface area contributed by atoms with Crippen LogP contribution in [0.5, 0.6) is 17.2 Å². The summed E-state index contributed by atoms with van der Waals surface area (Å²) in [5, 5.41) is 6.16. The van der Waals surface area contributed by atoms with E-state index in [1.54, 1.807) is 24.3 Å². The number of hydrogen-bond acceptors (Lipinski definition) is 4. The van der Waals surface area contributed by atoms with Gasteiger partial charge in [0, 0.05) is 17.8 Å². The van der Waals surface area contributed by atoms with E-state index in [0.29, 0.717) is 17.2 Å². The van der Waals surface area contributed by atoms with Crippen LogP contribution in [0.1, 0.15) is 24.4 Å². The Kier molecular flexibility index (Phi) is 5.84. The lowest BCUT2D eigenvalue weighted by atomic mass is 10.1. The van der Waals surface area contributed by atoms with Crippen molar-refractivity contribution in [3.8, 4) is 17.2 Å². The summed E-state index contributed by atoms with van der Waals surface area (Å²) in [7, 11) is 1.53. The van der Waals surface area contributed by atoms with Crippen molar-refractivity contribution in [2.45, 2.75) is 24.9 Å². The van der Waals surface area contributed by atoms with Gasteiger partial charge in [-0.1, -0.05) is 42.5 Å². The number of hydrogen-bond donors (Lipinski definition) is 2. The standard InChI is InChI=1S/C24H23FN2O3/c1-29-21-9-5-6-10-22(21)30-20-14-13-18(15-19(20)25)26-23(16-7-3-2-4-8-16)24(28)27-17-11-12-17/h2-10,13-15,17,23,26H,11-12H2,1H3,(H,27,28). The van der Waals surface area contributed by atoms with Crippen molar-refractivity contribution in [3.05, 3.63) is 84.2 Å². The van der Waals surface area contributed by atoms with Crippen molar-refractivity contribution < 1.29 is 18.7 Å². The monoisotopic (exact) mass is 406 g/mol. The van der Waals surface area contributed by atoms with Gasteiger partial charge in [-0.15, -0.1) is 0 Å². The SMILES string of the molecule is COc1ccccc1Oc1ccc(NC(C(=O)NC2CC2)c2ccccc2)cc1F. The fourth-order valence-electron chi connectivity index (χ4n) is 3.12. The molecule has 154 valence electrons. The van der Waals surface area contributed by atoms with Crippen LogP contribution >= 0.6 is 0 Å². The average Bonchev–Trinajstić information content (AvgIpc) is 3.58. The first kappa shape index (κ1) is 19.8. The van der Waals surface area contributed by atoms with Gasteiger partial charge in [0.05, 0.1) is 7.11 Å². The summed E-state index contributed by atoms with van der Waals surface area (Å²) in [5.74, 6) is 0.341. The van der Waals surface area contributed by atoms with Crippen molar-refractivity contribution >= 4 is 11.6 Å². The quantitative estimate of drug-likeness (QED) is 0.549. The number of rotatable bonds is 8. The maximum Gasteiger partial charge on any atom is 0.247 e. The molecule has 0 radical (unpaired) electrons. The zero-order chi connectivity index (χ0) is 20.9. The van der Waals surface area contributed by atoms with Crippen LogP contribution in [0.3, 0.4) is 0 Å². The van der Waals surface area contributed by atoms with Gasteiger partial charge in [-0.3, -0.25) is 4.79 Å². The normalized spacial score (nSPS) is 13.9. The predicted octanol–water partition coefficient (Wildman–Crippen LogP) is 5.06. The molecule has 0 spiro atoms. The Morgan fingerprint density at radius 1 is 0.967 bits per heavy atom. The van der Waals surface area contributed by atoms with Crippen molar-refractivity contribution in [3.63, 3.8) is 0 Å². The van der Waals surface area contributed by atoms with Gasteiger partial charge < -0.3 is 20.1 Å². The van der Waals surface area contributed by atoms with Crippen LogP contribution in [0, 0.1) is 5.82 Å². The predicted molar refractivity (Wildman–Crippen MR) is 113 cm³/mol. The number of para-hydroxylation sites is 2. The van der Waals surface area contributed by atoms with Gasteiger partial charge in [-0.2, -0.15) is 0 Å². The minimum Gasteiger partial charge on any atom is -0.493 e. The molecule has 1 atom stereocenters. The first-order valence-corrected chi connectivity index (χ1v) is 9.86. The number of ether oxygens (including phenoxy) is 2. The largest absolute Gasteiger partial charge is 0.493 e. The lowest BCUT2D eigenvalue weighted by Crippen LogP contribution is -2.34. The molecule has 0 aromatic heterocycles. The number of halogens is 1. The molecular formula is C24H23FN2O3. The first-order chi connectivity index (χ1) is 14.6. The van der Waals surface area contributed by atoms with E-state index < -0.39 is 11.9 Å². The molecular weight excluding hydrogens is 383 g/mol. The summed E-state index contributed by atoms with van der Waals surface area (Å²) in [6, 6.07) is 20.6. The van der Waals surface area contributed by atoms with E-state index in [0.717, 1.165) is 18.4 Å². The van der Waals surface area contributed by atoms with Crippen LogP contribution in [0.25, 0.3) is 0 Å². The number of amides is 1. The lowest BCUT2D eigenvalue weighted by molar-refractivity contribution is -0.122. The Hall–Kier alpha value is -3.54. The molecule has 1 fully saturated rings. The third-order valence-corrected chi connectivity index (χ3v) is 4.85. The van der Waals surface area contributed by atoms with Crippen LogP contribution in [0.15, 0.2) is 72.8 Å². The Morgan fingerprint density at radius 2 is 1.67 bits per heavy atom. The molecule has 1 amide bonds. The molecule has 3 aromatic rings. The van der Waals surface area contributed by atoms with E-state index >= 15 is 0 Å². The summed E-state index contributed by atoms with van der Waals surface area (Å²) in [4.78, 5) is 12.8. The maximum atomic E-state index is 14.7. The molecule has 1 aliphatic rings. The minimum absolute atomic E-state index is 0.0729.